The number of hydrogen-bond donors (Lipinski definition) is 2. The van der Waals surface area contributed by atoms with Gasteiger partial charge in [0.05, 0.1) is 0 Å². The SMILES string of the molecule is O=C(NCC1=CCCCC1)NC1CCN(C(=O)C2CC2)CC1. The van der Waals surface area contributed by atoms with E-state index in [1.54, 1.807) is 0 Å². The van der Waals surface area contributed by atoms with Gasteiger partial charge in [0.25, 0.3) is 0 Å². The van der Waals surface area contributed by atoms with Crippen LogP contribution in [0.4, 0.5) is 4.79 Å². The molecule has 3 amide bonds. The number of carbonyl (C=O) groups excluding carboxylic acids is 2. The van der Waals surface area contributed by atoms with Crippen LogP contribution in [0.3, 0.4) is 0 Å². The van der Waals surface area contributed by atoms with Crippen LogP contribution in [0.2, 0.25) is 0 Å². The molecule has 5 heteroatoms. The van der Waals surface area contributed by atoms with E-state index >= 15 is 0 Å². The average molecular weight is 305 g/mol. The van der Waals surface area contributed by atoms with Gasteiger partial charge in [-0.05, 0) is 51.4 Å². The first-order valence-corrected chi connectivity index (χ1v) is 8.73. The number of carbonyl (C=O) groups is 2. The summed E-state index contributed by atoms with van der Waals surface area (Å²) < 4.78 is 0. The Labute approximate surface area is 132 Å². The number of amides is 3. The third-order valence-corrected chi connectivity index (χ3v) is 4.93. The number of urea groups is 1. The number of hydrogen-bond acceptors (Lipinski definition) is 2. The van der Waals surface area contributed by atoms with Crippen LogP contribution in [0.15, 0.2) is 11.6 Å². The minimum Gasteiger partial charge on any atom is -0.342 e. The van der Waals surface area contributed by atoms with Gasteiger partial charge in [-0.15, -0.1) is 0 Å². The van der Waals surface area contributed by atoms with Crippen molar-refractivity contribution >= 4 is 11.9 Å². The second-order valence-corrected chi connectivity index (χ2v) is 6.81. The summed E-state index contributed by atoms with van der Waals surface area (Å²) in [4.78, 5) is 25.9. The Morgan fingerprint density at radius 3 is 2.55 bits per heavy atom. The predicted octanol–water partition coefficient (Wildman–Crippen LogP) is 2.19. The number of nitrogens with one attached hydrogen (secondary N) is 2. The van der Waals surface area contributed by atoms with Gasteiger partial charge in [0.2, 0.25) is 5.91 Å². The van der Waals surface area contributed by atoms with Crippen molar-refractivity contribution in [1.82, 2.24) is 15.5 Å². The van der Waals surface area contributed by atoms with Gasteiger partial charge in [0.15, 0.2) is 0 Å². The monoisotopic (exact) mass is 305 g/mol. The number of allylic oxidation sites excluding steroid dienone is 1. The second kappa shape index (κ2) is 7.16. The van der Waals surface area contributed by atoms with E-state index in [0.717, 1.165) is 51.6 Å². The summed E-state index contributed by atoms with van der Waals surface area (Å²) in [7, 11) is 0. The minimum atomic E-state index is -0.0709. The Hall–Kier alpha value is -1.52. The highest BCUT2D eigenvalue weighted by atomic mass is 16.2. The van der Waals surface area contributed by atoms with Crippen molar-refractivity contribution in [1.29, 1.82) is 0 Å². The van der Waals surface area contributed by atoms with Crippen LogP contribution in [0.25, 0.3) is 0 Å². The molecular weight excluding hydrogens is 278 g/mol. The molecule has 0 aromatic rings. The summed E-state index contributed by atoms with van der Waals surface area (Å²) in [5.74, 6) is 0.628. The molecule has 1 heterocycles. The molecule has 0 radical (unpaired) electrons. The van der Waals surface area contributed by atoms with E-state index in [-0.39, 0.29) is 12.1 Å². The molecule has 0 spiro atoms. The molecule has 2 aliphatic carbocycles. The van der Waals surface area contributed by atoms with E-state index in [9.17, 15) is 9.59 Å². The molecule has 22 heavy (non-hydrogen) atoms. The van der Waals surface area contributed by atoms with Crippen molar-refractivity contribution < 1.29 is 9.59 Å². The second-order valence-electron chi connectivity index (χ2n) is 6.81. The molecule has 2 N–H and O–H groups in total. The molecule has 5 nitrogen and oxygen atoms in total. The topological polar surface area (TPSA) is 61.4 Å². The van der Waals surface area contributed by atoms with Gasteiger partial charge in [-0.3, -0.25) is 4.79 Å². The molecule has 1 saturated carbocycles. The first-order valence-electron chi connectivity index (χ1n) is 8.73. The van der Waals surface area contributed by atoms with E-state index in [4.69, 9.17) is 0 Å². The lowest BCUT2D eigenvalue weighted by Gasteiger charge is -2.32. The first kappa shape index (κ1) is 15.4. The van der Waals surface area contributed by atoms with Crippen LogP contribution < -0.4 is 10.6 Å². The van der Waals surface area contributed by atoms with Crippen molar-refractivity contribution in [3.8, 4) is 0 Å². The zero-order chi connectivity index (χ0) is 15.4. The average Bonchev–Trinajstić information content (AvgIpc) is 3.39. The molecule has 0 aromatic heterocycles. The lowest BCUT2D eigenvalue weighted by atomic mass is 10.00. The maximum atomic E-state index is 12.0. The number of nitrogens with zero attached hydrogens (tertiary/aromatic N) is 1. The van der Waals surface area contributed by atoms with Gasteiger partial charge in [0, 0.05) is 31.6 Å². The van der Waals surface area contributed by atoms with Crippen LogP contribution in [0.1, 0.15) is 51.4 Å². The fourth-order valence-corrected chi connectivity index (χ4v) is 3.33. The Bertz CT molecular complexity index is 449. The third-order valence-electron chi connectivity index (χ3n) is 4.93. The van der Waals surface area contributed by atoms with E-state index in [0.29, 0.717) is 18.4 Å². The Morgan fingerprint density at radius 2 is 1.91 bits per heavy atom. The molecule has 122 valence electrons. The summed E-state index contributed by atoms with van der Waals surface area (Å²) in [5, 5.41) is 6.01. The molecule has 0 atom stereocenters. The summed E-state index contributed by atoms with van der Waals surface area (Å²) in [6.45, 7) is 2.24. The highest BCUT2D eigenvalue weighted by Crippen LogP contribution is 2.31. The lowest BCUT2D eigenvalue weighted by molar-refractivity contribution is -0.133. The highest BCUT2D eigenvalue weighted by molar-refractivity contribution is 5.81. The molecule has 0 unspecified atom stereocenters. The highest BCUT2D eigenvalue weighted by Gasteiger charge is 2.35. The van der Waals surface area contributed by atoms with Crippen molar-refractivity contribution in [2.75, 3.05) is 19.6 Å². The molecule has 2 fully saturated rings. The molecular formula is C17H27N3O2. The lowest BCUT2D eigenvalue weighted by Crippen LogP contribution is -2.49. The zero-order valence-electron chi connectivity index (χ0n) is 13.3. The van der Waals surface area contributed by atoms with Crippen LogP contribution in [-0.2, 0) is 4.79 Å². The van der Waals surface area contributed by atoms with Crippen LogP contribution >= 0.6 is 0 Å². The summed E-state index contributed by atoms with van der Waals surface area (Å²) in [6, 6.07) is 0.127. The number of rotatable bonds is 4. The summed E-state index contributed by atoms with van der Waals surface area (Å²) in [5.41, 5.74) is 1.35. The fraction of sp³-hybridized carbons (Fsp3) is 0.765. The van der Waals surface area contributed by atoms with E-state index in [1.165, 1.54) is 18.4 Å². The van der Waals surface area contributed by atoms with E-state index in [2.05, 4.69) is 16.7 Å². The fourth-order valence-electron chi connectivity index (χ4n) is 3.33. The molecule has 0 bridgehead atoms. The first-order chi connectivity index (χ1) is 10.7. The summed E-state index contributed by atoms with van der Waals surface area (Å²) in [6.07, 6.45) is 10.9. The van der Waals surface area contributed by atoms with Crippen LogP contribution in [0, 0.1) is 5.92 Å². The molecule has 1 aliphatic heterocycles. The Balaban J connectivity index is 1.34. The van der Waals surface area contributed by atoms with Crippen molar-refractivity contribution in [3.05, 3.63) is 11.6 Å². The van der Waals surface area contributed by atoms with Crippen molar-refractivity contribution in [2.24, 2.45) is 5.92 Å². The van der Waals surface area contributed by atoms with Gasteiger partial charge in [-0.1, -0.05) is 11.6 Å². The van der Waals surface area contributed by atoms with Gasteiger partial charge < -0.3 is 15.5 Å². The Morgan fingerprint density at radius 1 is 1.14 bits per heavy atom. The van der Waals surface area contributed by atoms with E-state index < -0.39 is 0 Å². The number of likely N-dealkylation sites (tertiary alicyclic amines) is 1. The summed E-state index contributed by atoms with van der Waals surface area (Å²) >= 11 is 0. The van der Waals surface area contributed by atoms with Crippen molar-refractivity contribution in [2.45, 2.75) is 57.4 Å². The third kappa shape index (κ3) is 4.24. The smallest absolute Gasteiger partial charge is 0.315 e. The van der Waals surface area contributed by atoms with Gasteiger partial charge in [0.1, 0.15) is 0 Å². The van der Waals surface area contributed by atoms with Gasteiger partial charge in [-0.2, -0.15) is 0 Å². The van der Waals surface area contributed by atoms with E-state index in [1.807, 2.05) is 4.90 Å². The van der Waals surface area contributed by atoms with Crippen LogP contribution in [0.5, 0.6) is 0 Å². The molecule has 3 rings (SSSR count). The van der Waals surface area contributed by atoms with Crippen molar-refractivity contribution in [3.63, 3.8) is 0 Å². The normalized spacial score (nSPS) is 22.9. The minimum absolute atomic E-state index is 0.0709. The van der Waals surface area contributed by atoms with Gasteiger partial charge >= 0.3 is 6.03 Å². The molecule has 0 aromatic carbocycles. The van der Waals surface area contributed by atoms with Crippen LogP contribution in [-0.4, -0.2) is 42.5 Å². The molecule has 3 aliphatic rings. The standard InChI is InChI=1S/C17H27N3O2/c21-16(14-6-7-14)20-10-8-15(9-11-20)19-17(22)18-12-13-4-2-1-3-5-13/h4,14-15H,1-3,5-12H2,(H2,18,19,22). The quantitative estimate of drug-likeness (QED) is 0.782. The maximum Gasteiger partial charge on any atom is 0.315 e. The largest absolute Gasteiger partial charge is 0.342 e. The number of piperidine rings is 1. The predicted molar refractivity (Wildman–Crippen MR) is 85.4 cm³/mol. The molecule has 1 saturated heterocycles. The Kier molecular flexibility index (Phi) is 5.01. The van der Waals surface area contributed by atoms with Gasteiger partial charge in [-0.25, -0.2) is 4.79 Å². The zero-order valence-corrected chi connectivity index (χ0v) is 13.3. The maximum absolute atomic E-state index is 12.0.